The minimum atomic E-state index is -4.42. The summed E-state index contributed by atoms with van der Waals surface area (Å²) < 4.78 is 36.0. The Kier molecular flexibility index (Phi) is 2.56. The maximum Gasteiger partial charge on any atom is 0.433 e. The number of alkyl halides is 3. The van der Waals surface area contributed by atoms with Gasteiger partial charge in [0.05, 0.1) is 6.10 Å². The van der Waals surface area contributed by atoms with Crippen LogP contribution in [0.4, 0.5) is 13.2 Å². The van der Waals surface area contributed by atoms with Crippen LogP contribution in [0.15, 0.2) is 18.3 Å². The van der Waals surface area contributed by atoms with Crippen LogP contribution in [0.3, 0.4) is 0 Å². The summed E-state index contributed by atoms with van der Waals surface area (Å²) in [4.78, 5) is 3.19. The van der Waals surface area contributed by atoms with Crippen LogP contribution < -0.4 is 0 Å². The fourth-order valence-corrected chi connectivity index (χ4v) is 0.820. The first kappa shape index (κ1) is 9.98. The van der Waals surface area contributed by atoms with Crippen molar-refractivity contribution in [3.05, 3.63) is 29.6 Å². The Morgan fingerprint density at radius 1 is 1.38 bits per heavy atom. The second kappa shape index (κ2) is 3.33. The lowest BCUT2D eigenvalue weighted by atomic mass is 10.2. The molecule has 0 aromatic carbocycles. The third-order valence-corrected chi connectivity index (χ3v) is 1.56. The molecular formula is C8H8F3NO. The van der Waals surface area contributed by atoms with Gasteiger partial charge >= 0.3 is 6.18 Å². The van der Waals surface area contributed by atoms with E-state index in [2.05, 4.69) is 4.98 Å². The number of hydrogen-bond donors (Lipinski definition) is 1. The minimum absolute atomic E-state index is 0.369. The fraction of sp³-hybridized carbons (Fsp3) is 0.375. The van der Waals surface area contributed by atoms with Gasteiger partial charge in [0.15, 0.2) is 0 Å². The SMILES string of the molecule is C[C@H](O)c1ccc(C(F)(F)F)nc1. The van der Waals surface area contributed by atoms with Crippen LogP contribution in [-0.4, -0.2) is 10.1 Å². The molecule has 0 spiro atoms. The molecule has 5 heteroatoms. The summed E-state index contributed by atoms with van der Waals surface area (Å²) >= 11 is 0. The average Bonchev–Trinajstić information content (AvgIpc) is 2.03. The predicted octanol–water partition coefficient (Wildman–Crippen LogP) is 2.15. The predicted molar refractivity (Wildman–Crippen MR) is 39.9 cm³/mol. The second-order valence-corrected chi connectivity index (χ2v) is 2.65. The summed E-state index contributed by atoms with van der Waals surface area (Å²) in [5, 5.41) is 9.00. The van der Waals surface area contributed by atoms with Gasteiger partial charge in [-0.1, -0.05) is 6.07 Å². The van der Waals surface area contributed by atoms with Crippen LogP contribution in [0.25, 0.3) is 0 Å². The van der Waals surface area contributed by atoms with Gasteiger partial charge in [0.2, 0.25) is 0 Å². The van der Waals surface area contributed by atoms with Crippen LogP contribution in [0.1, 0.15) is 24.3 Å². The standard InChI is InChI=1S/C8H8F3NO/c1-5(13)6-2-3-7(12-4-6)8(9,10)11/h2-5,13H,1H3/t5-/m0/s1. The Balaban J connectivity index is 2.94. The van der Waals surface area contributed by atoms with Gasteiger partial charge in [0.1, 0.15) is 5.69 Å². The summed E-state index contributed by atoms with van der Waals surface area (Å²) in [6.07, 6.45) is -4.19. The normalized spacial score (nSPS) is 14.2. The molecule has 0 aliphatic carbocycles. The number of pyridine rings is 1. The fourth-order valence-electron chi connectivity index (χ4n) is 0.820. The number of hydrogen-bond acceptors (Lipinski definition) is 2. The van der Waals surface area contributed by atoms with Gasteiger partial charge in [-0.15, -0.1) is 0 Å². The van der Waals surface area contributed by atoms with Crippen molar-refractivity contribution in [1.29, 1.82) is 0 Å². The molecule has 1 aromatic rings. The average molecular weight is 191 g/mol. The Morgan fingerprint density at radius 3 is 2.31 bits per heavy atom. The summed E-state index contributed by atoms with van der Waals surface area (Å²) in [5.74, 6) is 0. The first-order chi connectivity index (χ1) is 5.91. The Bertz CT molecular complexity index is 278. The zero-order valence-corrected chi connectivity index (χ0v) is 6.84. The molecule has 0 fully saturated rings. The van der Waals surface area contributed by atoms with Crippen LogP contribution in [0.5, 0.6) is 0 Å². The molecule has 0 bridgehead atoms. The summed E-state index contributed by atoms with van der Waals surface area (Å²) in [6, 6.07) is 2.06. The number of aromatic nitrogens is 1. The number of aliphatic hydroxyl groups excluding tert-OH is 1. The molecule has 0 unspecified atom stereocenters. The van der Waals surface area contributed by atoms with E-state index in [0.29, 0.717) is 5.56 Å². The number of halogens is 3. The molecular weight excluding hydrogens is 183 g/mol. The molecule has 0 radical (unpaired) electrons. The first-order valence-electron chi connectivity index (χ1n) is 3.62. The van der Waals surface area contributed by atoms with Crippen LogP contribution in [0, 0.1) is 0 Å². The number of aliphatic hydroxyl groups is 1. The quantitative estimate of drug-likeness (QED) is 0.737. The molecule has 1 N–H and O–H groups in total. The van der Waals surface area contributed by atoms with Crippen molar-refractivity contribution >= 4 is 0 Å². The van der Waals surface area contributed by atoms with E-state index in [1.54, 1.807) is 0 Å². The Labute approximate surface area is 73.0 Å². The van der Waals surface area contributed by atoms with Gasteiger partial charge in [-0.25, -0.2) is 0 Å². The van der Waals surface area contributed by atoms with E-state index in [-0.39, 0.29) is 0 Å². The van der Waals surface area contributed by atoms with Crippen molar-refractivity contribution in [1.82, 2.24) is 4.98 Å². The molecule has 1 heterocycles. The van der Waals surface area contributed by atoms with Crippen LogP contribution in [0.2, 0.25) is 0 Å². The van der Waals surface area contributed by atoms with Gasteiger partial charge < -0.3 is 5.11 Å². The molecule has 0 saturated carbocycles. The van der Waals surface area contributed by atoms with E-state index in [0.717, 1.165) is 12.3 Å². The Hall–Kier alpha value is -1.10. The molecule has 1 rings (SSSR count). The second-order valence-electron chi connectivity index (χ2n) is 2.65. The van der Waals surface area contributed by atoms with Gasteiger partial charge in [-0.05, 0) is 18.6 Å². The van der Waals surface area contributed by atoms with E-state index in [9.17, 15) is 13.2 Å². The molecule has 0 saturated heterocycles. The molecule has 0 aliphatic rings. The van der Waals surface area contributed by atoms with Crippen molar-refractivity contribution in [2.75, 3.05) is 0 Å². The van der Waals surface area contributed by atoms with Gasteiger partial charge in [0, 0.05) is 6.20 Å². The van der Waals surface area contributed by atoms with Crippen LogP contribution in [-0.2, 0) is 6.18 Å². The maximum absolute atomic E-state index is 12.0. The molecule has 0 aliphatic heterocycles. The first-order valence-corrected chi connectivity index (χ1v) is 3.62. The highest BCUT2D eigenvalue weighted by atomic mass is 19.4. The topological polar surface area (TPSA) is 33.1 Å². The van der Waals surface area contributed by atoms with Crippen LogP contribution >= 0.6 is 0 Å². The minimum Gasteiger partial charge on any atom is -0.389 e. The highest BCUT2D eigenvalue weighted by molar-refractivity contribution is 5.17. The largest absolute Gasteiger partial charge is 0.433 e. The smallest absolute Gasteiger partial charge is 0.389 e. The highest BCUT2D eigenvalue weighted by Gasteiger charge is 2.32. The van der Waals surface area contributed by atoms with Gasteiger partial charge in [0.25, 0.3) is 0 Å². The number of nitrogens with zero attached hydrogens (tertiary/aromatic N) is 1. The summed E-state index contributed by atoms with van der Waals surface area (Å²) in [7, 11) is 0. The lowest BCUT2D eigenvalue weighted by Crippen LogP contribution is -2.08. The zero-order valence-electron chi connectivity index (χ0n) is 6.84. The summed E-state index contributed by atoms with van der Waals surface area (Å²) in [5.41, 5.74) is -0.579. The molecule has 72 valence electrons. The van der Waals surface area contributed by atoms with E-state index >= 15 is 0 Å². The summed E-state index contributed by atoms with van der Waals surface area (Å²) in [6.45, 7) is 1.46. The molecule has 0 amide bonds. The molecule has 1 atom stereocenters. The third-order valence-electron chi connectivity index (χ3n) is 1.56. The van der Waals surface area contributed by atoms with E-state index < -0.39 is 18.0 Å². The third kappa shape index (κ3) is 2.42. The van der Waals surface area contributed by atoms with Crippen molar-refractivity contribution in [3.63, 3.8) is 0 Å². The maximum atomic E-state index is 12.0. The zero-order chi connectivity index (χ0) is 10.1. The van der Waals surface area contributed by atoms with E-state index in [4.69, 9.17) is 5.11 Å². The van der Waals surface area contributed by atoms with Gasteiger partial charge in [-0.2, -0.15) is 13.2 Å². The van der Waals surface area contributed by atoms with E-state index in [1.807, 2.05) is 0 Å². The van der Waals surface area contributed by atoms with Crippen molar-refractivity contribution in [3.8, 4) is 0 Å². The van der Waals surface area contributed by atoms with E-state index in [1.165, 1.54) is 13.0 Å². The number of rotatable bonds is 1. The molecule has 1 aromatic heterocycles. The molecule has 13 heavy (non-hydrogen) atoms. The lowest BCUT2D eigenvalue weighted by Gasteiger charge is -2.07. The Morgan fingerprint density at radius 2 is 2.00 bits per heavy atom. The van der Waals surface area contributed by atoms with Crippen molar-refractivity contribution < 1.29 is 18.3 Å². The molecule has 2 nitrogen and oxygen atoms in total. The monoisotopic (exact) mass is 191 g/mol. The van der Waals surface area contributed by atoms with Crippen molar-refractivity contribution in [2.24, 2.45) is 0 Å². The highest BCUT2D eigenvalue weighted by Crippen LogP contribution is 2.27. The lowest BCUT2D eigenvalue weighted by molar-refractivity contribution is -0.141. The van der Waals surface area contributed by atoms with Gasteiger partial charge in [-0.3, -0.25) is 4.98 Å². The van der Waals surface area contributed by atoms with Crippen molar-refractivity contribution in [2.45, 2.75) is 19.2 Å².